The van der Waals surface area contributed by atoms with E-state index in [4.69, 9.17) is 4.74 Å². The molecule has 3 heterocycles. The van der Waals surface area contributed by atoms with Crippen molar-refractivity contribution in [2.45, 2.75) is 74.1 Å². The van der Waals surface area contributed by atoms with Gasteiger partial charge in [0.15, 0.2) is 0 Å². The molecule has 1 saturated heterocycles. The van der Waals surface area contributed by atoms with Gasteiger partial charge in [-0.2, -0.15) is 0 Å². The Morgan fingerprint density at radius 1 is 1.18 bits per heavy atom. The Morgan fingerprint density at radius 3 is 2.68 bits per heavy atom. The molecule has 13 nitrogen and oxygen atoms in total. The van der Waals surface area contributed by atoms with Crippen molar-refractivity contribution in [3.05, 3.63) is 42.2 Å². The first kappa shape index (κ1) is 27.7. The molecule has 2 aromatic heterocycles. The molecule has 0 aliphatic carbocycles. The van der Waals surface area contributed by atoms with Crippen LogP contribution in [0.3, 0.4) is 0 Å². The number of hydrogen-bond acceptors (Lipinski definition) is 10. The van der Waals surface area contributed by atoms with E-state index in [1.54, 1.807) is 43.5 Å². The number of tetrazole rings is 1. The summed E-state index contributed by atoms with van der Waals surface area (Å²) in [7, 11) is 3.47. The van der Waals surface area contributed by atoms with Crippen molar-refractivity contribution in [3.8, 4) is 0 Å². The van der Waals surface area contributed by atoms with Gasteiger partial charge < -0.3 is 20.3 Å². The third-order valence-electron chi connectivity index (χ3n) is 6.50. The number of likely N-dealkylation sites (tertiary alicyclic amines) is 1. The Hall–Kier alpha value is -3.36. The summed E-state index contributed by atoms with van der Waals surface area (Å²) >= 11 is 1.47. The number of amides is 2. The number of carbonyl (C=O) groups excluding carboxylic acids is 2. The van der Waals surface area contributed by atoms with Crippen LogP contribution in [-0.2, 0) is 34.5 Å². The summed E-state index contributed by atoms with van der Waals surface area (Å²) in [4.78, 5) is 29.5. The number of ether oxygens (including phenoxy) is 1. The van der Waals surface area contributed by atoms with Crippen molar-refractivity contribution < 1.29 is 14.3 Å². The molecule has 14 heteroatoms. The minimum atomic E-state index is -0.873. The third-order valence-corrected chi connectivity index (χ3v) is 7.48. The van der Waals surface area contributed by atoms with Crippen LogP contribution in [-0.4, -0.2) is 89.7 Å². The molecule has 3 aromatic rings. The molecular formula is C24H34N10O3S. The van der Waals surface area contributed by atoms with Crippen LogP contribution in [0.4, 0.5) is 0 Å². The van der Waals surface area contributed by atoms with E-state index in [-0.39, 0.29) is 24.5 Å². The molecule has 2 N–H and O–H groups in total. The first-order chi connectivity index (χ1) is 18.4. The molecular weight excluding hydrogens is 508 g/mol. The summed E-state index contributed by atoms with van der Waals surface area (Å²) in [5.41, 5.74) is 0.640. The monoisotopic (exact) mass is 542 g/mol. The standard InChI is InChI=1S/C24H34N10O3S/c1-16(25-3)22(35)26-21(17(2)37-15-18-13-32(4)30-27-18)23(36)33-12-8-9-19(33)14-34-24(28-29-31-34)38-20-10-6-5-7-11-20/h5-7,10-11,13,16-17,19,21,25H,8-9,12,14-15H2,1-4H3,(H,26,35). The number of aryl methyl sites for hydroxylation is 1. The van der Waals surface area contributed by atoms with Gasteiger partial charge in [-0.05, 0) is 68.1 Å². The Labute approximate surface area is 225 Å². The fourth-order valence-electron chi connectivity index (χ4n) is 4.24. The van der Waals surface area contributed by atoms with E-state index >= 15 is 0 Å². The maximum absolute atomic E-state index is 13.9. The smallest absolute Gasteiger partial charge is 0.248 e. The highest BCUT2D eigenvalue weighted by molar-refractivity contribution is 7.99. The molecule has 1 aromatic carbocycles. The second-order valence-electron chi connectivity index (χ2n) is 9.28. The van der Waals surface area contributed by atoms with E-state index in [1.807, 2.05) is 35.2 Å². The van der Waals surface area contributed by atoms with E-state index in [9.17, 15) is 9.59 Å². The van der Waals surface area contributed by atoms with Gasteiger partial charge in [0, 0.05) is 18.5 Å². The van der Waals surface area contributed by atoms with Crippen LogP contribution in [0.5, 0.6) is 0 Å². The summed E-state index contributed by atoms with van der Waals surface area (Å²) in [6, 6.07) is 8.42. The predicted octanol–water partition coefficient (Wildman–Crippen LogP) is 0.642. The van der Waals surface area contributed by atoms with Gasteiger partial charge in [-0.3, -0.25) is 14.3 Å². The van der Waals surface area contributed by atoms with Crippen molar-refractivity contribution in [2.24, 2.45) is 7.05 Å². The number of carbonyl (C=O) groups is 2. The second kappa shape index (κ2) is 12.9. The zero-order chi connectivity index (χ0) is 27.1. The minimum absolute atomic E-state index is 0.116. The fourth-order valence-corrected chi connectivity index (χ4v) is 5.03. The summed E-state index contributed by atoms with van der Waals surface area (Å²) in [5.74, 6) is -0.472. The molecule has 4 rings (SSSR count). The normalized spacial score (nSPS) is 17.8. The van der Waals surface area contributed by atoms with Crippen molar-refractivity contribution in [1.82, 2.24) is 50.7 Å². The zero-order valence-corrected chi connectivity index (χ0v) is 22.8. The van der Waals surface area contributed by atoms with Crippen molar-refractivity contribution in [2.75, 3.05) is 13.6 Å². The van der Waals surface area contributed by atoms with Crippen LogP contribution < -0.4 is 10.6 Å². The van der Waals surface area contributed by atoms with Crippen molar-refractivity contribution in [1.29, 1.82) is 0 Å². The van der Waals surface area contributed by atoms with Gasteiger partial charge in [-0.15, -0.1) is 10.2 Å². The highest BCUT2D eigenvalue weighted by Crippen LogP contribution is 2.27. The lowest BCUT2D eigenvalue weighted by molar-refractivity contribution is -0.142. The first-order valence-corrected chi connectivity index (χ1v) is 13.4. The predicted molar refractivity (Wildman–Crippen MR) is 139 cm³/mol. The highest BCUT2D eigenvalue weighted by atomic mass is 32.2. The molecule has 1 aliphatic rings. The number of likely N-dealkylation sites (N-methyl/N-ethyl adjacent to an activating group) is 1. The molecule has 4 atom stereocenters. The quantitative estimate of drug-likeness (QED) is 0.334. The van der Waals surface area contributed by atoms with E-state index in [1.165, 1.54) is 11.8 Å². The molecule has 204 valence electrons. The van der Waals surface area contributed by atoms with Gasteiger partial charge in [0.25, 0.3) is 0 Å². The van der Waals surface area contributed by atoms with Crippen LogP contribution in [0.25, 0.3) is 0 Å². The highest BCUT2D eigenvalue weighted by Gasteiger charge is 2.38. The summed E-state index contributed by atoms with van der Waals surface area (Å²) in [6.07, 6.45) is 2.81. The minimum Gasteiger partial charge on any atom is -0.369 e. The number of benzene rings is 1. The summed E-state index contributed by atoms with van der Waals surface area (Å²) in [6.45, 7) is 4.73. The van der Waals surface area contributed by atoms with Crippen molar-refractivity contribution >= 4 is 23.6 Å². The maximum Gasteiger partial charge on any atom is 0.248 e. The Kier molecular flexibility index (Phi) is 9.42. The fraction of sp³-hybridized carbons (Fsp3) is 0.542. The molecule has 0 bridgehead atoms. The van der Waals surface area contributed by atoms with Crippen LogP contribution in [0, 0.1) is 0 Å². The number of hydrogen-bond donors (Lipinski definition) is 2. The van der Waals surface area contributed by atoms with Gasteiger partial charge >= 0.3 is 0 Å². The van der Waals surface area contributed by atoms with E-state index in [0.717, 1.165) is 17.7 Å². The van der Waals surface area contributed by atoms with Crippen LogP contribution in [0.15, 0.2) is 46.6 Å². The van der Waals surface area contributed by atoms with E-state index in [0.29, 0.717) is 23.9 Å². The molecule has 1 aliphatic heterocycles. The third kappa shape index (κ3) is 6.94. The lowest BCUT2D eigenvalue weighted by Crippen LogP contribution is -2.58. The molecule has 0 saturated carbocycles. The Bertz CT molecular complexity index is 1200. The topological polar surface area (TPSA) is 145 Å². The first-order valence-electron chi connectivity index (χ1n) is 12.6. The van der Waals surface area contributed by atoms with Crippen molar-refractivity contribution in [3.63, 3.8) is 0 Å². The molecule has 38 heavy (non-hydrogen) atoms. The maximum atomic E-state index is 13.9. The zero-order valence-electron chi connectivity index (χ0n) is 22.0. The van der Waals surface area contributed by atoms with Gasteiger partial charge in [0.1, 0.15) is 11.7 Å². The summed E-state index contributed by atoms with van der Waals surface area (Å²) in [5, 5.41) is 26.6. The SMILES string of the molecule is CNC(C)C(=O)NC(C(=O)N1CCCC1Cn1nnnc1Sc1ccccc1)C(C)OCc1cn(C)nn1. The van der Waals surface area contributed by atoms with Gasteiger partial charge in [-0.1, -0.05) is 23.4 Å². The van der Waals surface area contributed by atoms with Crippen LogP contribution >= 0.6 is 11.8 Å². The Morgan fingerprint density at radius 2 is 1.97 bits per heavy atom. The van der Waals surface area contributed by atoms with Gasteiger partial charge in [0.2, 0.25) is 17.0 Å². The van der Waals surface area contributed by atoms with E-state index in [2.05, 4.69) is 36.5 Å². The average Bonchev–Trinajstić information content (AvgIpc) is 3.67. The molecule has 0 radical (unpaired) electrons. The average molecular weight is 543 g/mol. The largest absolute Gasteiger partial charge is 0.369 e. The number of aromatic nitrogens is 7. The lowest BCUT2D eigenvalue weighted by Gasteiger charge is -2.32. The second-order valence-corrected chi connectivity index (χ2v) is 10.3. The van der Waals surface area contributed by atoms with Gasteiger partial charge in [-0.25, -0.2) is 4.68 Å². The van der Waals surface area contributed by atoms with Gasteiger partial charge in [0.05, 0.1) is 37.5 Å². The van der Waals surface area contributed by atoms with Crippen LogP contribution in [0.2, 0.25) is 0 Å². The van der Waals surface area contributed by atoms with E-state index < -0.39 is 18.2 Å². The molecule has 1 fully saturated rings. The number of nitrogens with zero attached hydrogens (tertiary/aromatic N) is 8. The lowest BCUT2D eigenvalue weighted by atomic mass is 10.1. The molecule has 2 amide bonds. The Balaban J connectivity index is 1.47. The number of rotatable bonds is 12. The number of nitrogens with one attached hydrogen (secondary N) is 2. The molecule has 4 unspecified atom stereocenters. The summed E-state index contributed by atoms with van der Waals surface area (Å²) < 4.78 is 9.30. The van der Waals surface area contributed by atoms with Crippen LogP contribution in [0.1, 0.15) is 32.4 Å². The molecule has 0 spiro atoms.